The highest BCUT2D eigenvalue weighted by molar-refractivity contribution is 7.79. The van der Waals surface area contributed by atoms with Crippen LogP contribution in [0.3, 0.4) is 0 Å². The highest BCUT2D eigenvalue weighted by Gasteiger charge is 2.45. The van der Waals surface area contributed by atoms with E-state index in [4.69, 9.17) is 26.4 Å². The van der Waals surface area contributed by atoms with Crippen molar-refractivity contribution in [1.82, 2.24) is 5.32 Å². The molecule has 0 spiro atoms. The molecule has 1 aromatic carbocycles. The molecule has 142 valence electrons. The van der Waals surface area contributed by atoms with Gasteiger partial charge in [-0.25, -0.2) is 0 Å². The average Bonchev–Trinajstić information content (AvgIpc) is 2.78. The third-order valence-corrected chi connectivity index (χ3v) is 4.82. The van der Waals surface area contributed by atoms with E-state index in [1.807, 2.05) is 34.6 Å². The quantitative estimate of drug-likeness (QED) is 0.606. The maximum Gasteiger partial charge on any atom is 0.357 e. The Hall–Kier alpha value is -1.92. The van der Waals surface area contributed by atoms with Gasteiger partial charge in [0.15, 0.2) is 0 Å². The lowest BCUT2D eigenvalue weighted by atomic mass is 9.90. The van der Waals surface area contributed by atoms with Crippen LogP contribution >= 0.6 is 12.2 Å². The highest BCUT2D eigenvalue weighted by Crippen LogP contribution is 2.39. The second-order valence-corrected chi connectivity index (χ2v) is 7.10. The number of benzene rings is 1. The number of hydrogen-bond acceptors (Lipinski definition) is 5. The summed E-state index contributed by atoms with van der Waals surface area (Å²) in [6.45, 7) is 11.0. The number of rotatable bonds is 6. The van der Waals surface area contributed by atoms with Gasteiger partial charge in [-0.05, 0) is 51.3 Å². The fraction of sp³-hybridized carbons (Fsp3) is 0.500. The molecule has 1 aliphatic heterocycles. The summed E-state index contributed by atoms with van der Waals surface area (Å²) >= 11 is 5.11. The molecule has 1 aliphatic rings. The molecule has 2 rings (SSSR count). The minimum Gasteiger partial charge on any atom is -0.460 e. The van der Waals surface area contributed by atoms with E-state index < -0.39 is 5.54 Å². The normalized spacial score (nSPS) is 19.5. The van der Waals surface area contributed by atoms with Gasteiger partial charge in [-0.15, -0.1) is 0 Å². The summed E-state index contributed by atoms with van der Waals surface area (Å²) in [5.74, 6) is 0.317. The zero-order valence-electron chi connectivity index (χ0n) is 16.3. The third kappa shape index (κ3) is 4.07. The van der Waals surface area contributed by atoms with Crippen LogP contribution in [0.5, 0.6) is 0 Å². The van der Waals surface area contributed by atoms with Gasteiger partial charge in [0, 0.05) is 31.9 Å². The number of amides is 1. The first-order valence-electron chi connectivity index (χ1n) is 8.72. The molecular formula is C20H27NO4S. The molecule has 1 N–H and O–H groups in total. The van der Waals surface area contributed by atoms with Crippen LogP contribution in [0.1, 0.15) is 42.5 Å². The van der Waals surface area contributed by atoms with Gasteiger partial charge in [-0.1, -0.05) is 17.7 Å². The summed E-state index contributed by atoms with van der Waals surface area (Å²) in [7, 11) is 1.45. The SMILES string of the molecule is CCOCCC1(C)NC(=O)C(c2c(C)cc(C)cc2C)=C1OC(=S)OC. The number of nitrogens with one attached hydrogen (secondary N) is 1. The van der Waals surface area contributed by atoms with Crippen LogP contribution in [0.4, 0.5) is 0 Å². The second-order valence-electron chi connectivity index (χ2n) is 6.77. The van der Waals surface area contributed by atoms with Crippen molar-refractivity contribution in [3.05, 3.63) is 40.1 Å². The summed E-state index contributed by atoms with van der Waals surface area (Å²) < 4.78 is 16.4. The highest BCUT2D eigenvalue weighted by atomic mass is 32.1. The summed E-state index contributed by atoms with van der Waals surface area (Å²) in [5, 5.41) is 3.04. The van der Waals surface area contributed by atoms with Gasteiger partial charge in [0.05, 0.1) is 18.2 Å². The van der Waals surface area contributed by atoms with E-state index in [0.29, 0.717) is 31.0 Å². The number of carbonyl (C=O) groups excluding carboxylic acids is 1. The van der Waals surface area contributed by atoms with E-state index in [0.717, 1.165) is 22.3 Å². The summed E-state index contributed by atoms with van der Waals surface area (Å²) in [6, 6.07) is 4.12. The molecule has 0 aromatic heterocycles. The van der Waals surface area contributed by atoms with Crippen LogP contribution < -0.4 is 5.32 Å². The molecule has 0 aliphatic carbocycles. The van der Waals surface area contributed by atoms with E-state index in [1.165, 1.54) is 7.11 Å². The van der Waals surface area contributed by atoms with E-state index in [-0.39, 0.29) is 11.1 Å². The predicted octanol–water partition coefficient (Wildman–Crippen LogP) is 3.59. The maximum absolute atomic E-state index is 12.9. The second kappa shape index (κ2) is 8.18. The van der Waals surface area contributed by atoms with E-state index >= 15 is 0 Å². The molecule has 1 amide bonds. The molecule has 0 saturated carbocycles. The first kappa shape index (κ1) is 20.4. The minimum atomic E-state index is -0.714. The van der Waals surface area contributed by atoms with Gasteiger partial charge in [-0.3, -0.25) is 4.79 Å². The molecule has 6 heteroatoms. The van der Waals surface area contributed by atoms with Crippen molar-refractivity contribution in [3.63, 3.8) is 0 Å². The Bertz CT molecular complexity index is 733. The first-order chi connectivity index (χ1) is 12.2. The van der Waals surface area contributed by atoms with Gasteiger partial charge >= 0.3 is 5.24 Å². The number of hydrogen-bond donors (Lipinski definition) is 1. The third-order valence-electron chi connectivity index (χ3n) is 4.57. The molecule has 5 nitrogen and oxygen atoms in total. The van der Waals surface area contributed by atoms with Crippen molar-refractivity contribution < 1.29 is 19.0 Å². The van der Waals surface area contributed by atoms with Crippen molar-refractivity contribution in [2.24, 2.45) is 0 Å². The number of aryl methyl sites for hydroxylation is 3. The lowest BCUT2D eigenvalue weighted by molar-refractivity contribution is -0.116. The van der Waals surface area contributed by atoms with Crippen LogP contribution in [0, 0.1) is 20.8 Å². The lowest BCUT2D eigenvalue weighted by Crippen LogP contribution is -2.43. The van der Waals surface area contributed by atoms with Crippen molar-refractivity contribution in [1.29, 1.82) is 0 Å². The molecule has 0 fully saturated rings. The Balaban J connectivity index is 2.61. The maximum atomic E-state index is 12.9. The number of carbonyl (C=O) groups is 1. The van der Waals surface area contributed by atoms with E-state index in [2.05, 4.69) is 17.4 Å². The Kier molecular flexibility index (Phi) is 6.42. The Morgan fingerprint density at radius 1 is 1.23 bits per heavy atom. The van der Waals surface area contributed by atoms with Gasteiger partial charge in [0.2, 0.25) is 0 Å². The molecule has 1 heterocycles. The van der Waals surface area contributed by atoms with Gasteiger partial charge in [-0.2, -0.15) is 0 Å². The lowest BCUT2D eigenvalue weighted by Gasteiger charge is -2.27. The smallest absolute Gasteiger partial charge is 0.357 e. The van der Waals surface area contributed by atoms with Crippen LogP contribution in [-0.2, 0) is 19.0 Å². The van der Waals surface area contributed by atoms with Crippen LogP contribution in [0.25, 0.3) is 5.57 Å². The summed E-state index contributed by atoms with van der Waals surface area (Å²) in [6.07, 6.45) is 0.571. The van der Waals surface area contributed by atoms with Gasteiger partial charge in [0.1, 0.15) is 5.76 Å². The molecule has 1 aromatic rings. The van der Waals surface area contributed by atoms with E-state index in [1.54, 1.807) is 0 Å². The first-order valence-corrected chi connectivity index (χ1v) is 9.13. The van der Waals surface area contributed by atoms with Crippen molar-refractivity contribution in [2.45, 2.75) is 46.6 Å². The van der Waals surface area contributed by atoms with Crippen LogP contribution in [-0.4, -0.2) is 37.0 Å². The number of ether oxygens (including phenoxy) is 3. The average molecular weight is 378 g/mol. The molecule has 1 unspecified atom stereocenters. The summed E-state index contributed by atoms with van der Waals surface area (Å²) in [4.78, 5) is 12.9. The molecular weight excluding hydrogens is 350 g/mol. The number of thiocarbonyl (C=S) groups is 1. The zero-order chi connectivity index (χ0) is 19.5. The zero-order valence-corrected chi connectivity index (χ0v) is 17.1. The van der Waals surface area contributed by atoms with Crippen molar-refractivity contribution in [3.8, 4) is 0 Å². The standard InChI is InChI=1S/C20H27NO4S/c1-7-24-9-8-20(5)17(25-19(26)23-6)16(18(22)21-20)15-13(3)10-12(2)11-14(15)4/h10-11H,7-9H2,1-6H3,(H,21,22). The predicted molar refractivity (Wildman–Crippen MR) is 106 cm³/mol. The largest absolute Gasteiger partial charge is 0.460 e. The molecule has 1 atom stereocenters. The van der Waals surface area contributed by atoms with Crippen molar-refractivity contribution in [2.75, 3.05) is 20.3 Å². The molecule has 0 radical (unpaired) electrons. The molecule has 0 bridgehead atoms. The van der Waals surface area contributed by atoms with Crippen molar-refractivity contribution >= 4 is 28.9 Å². The van der Waals surface area contributed by atoms with Gasteiger partial charge in [0.25, 0.3) is 5.91 Å². The van der Waals surface area contributed by atoms with E-state index in [9.17, 15) is 4.79 Å². The number of methoxy groups -OCH3 is 1. The van der Waals surface area contributed by atoms with Crippen LogP contribution in [0.2, 0.25) is 0 Å². The minimum absolute atomic E-state index is 0.0148. The Morgan fingerprint density at radius 2 is 1.85 bits per heavy atom. The monoisotopic (exact) mass is 377 g/mol. The molecule has 0 saturated heterocycles. The Morgan fingerprint density at radius 3 is 2.38 bits per heavy atom. The fourth-order valence-electron chi connectivity index (χ4n) is 3.44. The summed E-state index contributed by atoms with van der Waals surface area (Å²) in [5.41, 5.74) is 3.86. The van der Waals surface area contributed by atoms with Crippen LogP contribution in [0.15, 0.2) is 17.9 Å². The molecule has 26 heavy (non-hydrogen) atoms. The fourth-order valence-corrected chi connectivity index (χ4v) is 3.52. The topological polar surface area (TPSA) is 56.8 Å². The Labute approximate surface area is 160 Å². The van der Waals surface area contributed by atoms with Gasteiger partial charge < -0.3 is 19.5 Å².